The van der Waals surface area contributed by atoms with Crippen LogP contribution in [0.2, 0.25) is 0 Å². The zero-order valence-electron chi connectivity index (χ0n) is 16.5. The van der Waals surface area contributed by atoms with E-state index in [1.54, 1.807) is 53.2 Å². The lowest BCUT2D eigenvalue weighted by molar-refractivity contribution is 0.0981. The zero-order chi connectivity index (χ0) is 21.1. The number of carbonyl (C=O) groups excluding carboxylic acids is 2. The van der Waals surface area contributed by atoms with Crippen molar-refractivity contribution < 1.29 is 14.3 Å². The molecule has 30 heavy (non-hydrogen) atoms. The molecule has 0 fully saturated rings. The van der Waals surface area contributed by atoms with Crippen molar-refractivity contribution >= 4 is 17.3 Å². The molecule has 0 saturated heterocycles. The number of hydrogen-bond donors (Lipinski definition) is 0. The lowest BCUT2D eigenvalue weighted by atomic mass is 9.92. The fraction of sp³-hybridized carbons (Fsp3) is 0.130. The number of Topliss-reactive ketones (excluding diaryl/α,β-unsaturated/α-hetero) is 1. The fourth-order valence-electron chi connectivity index (χ4n) is 3.39. The van der Waals surface area contributed by atoms with Crippen molar-refractivity contribution in [2.75, 3.05) is 12.0 Å². The Morgan fingerprint density at radius 1 is 1.13 bits per heavy atom. The number of carbonyl (C=O) groups is 2. The Bertz CT molecular complexity index is 1160. The first kappa shape index (κ1) is 19.3. The van der Waals surface area contributed by atoms with Gasteiger partial charge in [0.25, 0.3) is 0 Å². The molecular weight excluding hydrogens is 380 g/mol. The molecule has 0 bridgehead atoms. The van der Waals surface area contributed by atoms with Gasteiger partial charge in [-0.3, -0.25) is 9.59 Å². The van der Waals surface area contributed by atoms with Crippen molar-refractivity contribution in [3.05, 3.63) is 96.0 Å². The topological polar surface area (TPSA) is 77.3 Å². The maximum absolute atomic E-state index is 13.3. The number of nitrogens with zero attached hydrogens (tertiary/aromatic N) is 4. The van der Waals surface area contributed by atoms with E-state index >= 15 is 0 Å². The summed E-state index contributed by atoms with van der Waals surface area (Å²) in [4.78, 5) is 27.8. The lowest BCUT2D eigenvalue weighted by Crippen LogP contribution is -2.31. The van der Waals surface area contributed by atoms with E-state index in [4.69, 9.17) is 4.74 Å². The van der Waals surface area contributed by atoms with Crippen molar-refractivity contribution in [1.29, 1.82) is 0 Å². The van der Waals surface area contributed by atoms with Crippen molar-refractivity contribution in [3.8, 4) is 5.75 Å². The molecule has 1 aliphatic carbocycles. The number of allylic oxidation sites excluding steroid dienone is 3. The summed E-state index contributed by atoms with van der Waals surface area (Å²) in [5.74, 6) is 0.221. The van der Waals surface area contributed by atoms with Crippen LogP contribution in [0.4, 0.5) is 5.69 Å². The van der Waals surface area contributed by atoms with Crippen molar-refractivity contribution in [1.82, 2.24) is 15.0 Å². The van der Waals surface area contributed by atoms with E-state index in [0.29, 0.717) is 34.8 Å². The van der Waals surface area contributed by atoms with Gasteiger partial charge in [-0.25, -0.2) is 4.68 Å². The van der Waals surface area contributed by atoms with Gasteiger partial charge < -0.3 is 9.64 Å². The smallest absolute Gasteiger partial charge is 0.210 e. The molecule has 4 rings (SSSR count). The second-order valence-corrected chi connectivity index (χ2v) is 6.78. The Kier molecular flexibility index (Phi) is 5.26. The van der Waals surface area contributed by atoms with E-state index in [1.807, 2.05) is 24.3 Å². The largest absolute Gasteiger partial charge is 0.497 e. The van der Waals surface area contributed by atoms with Gasteiger partial charge in [0.05, 0.1) is 32.1 Å². The maximum Gasteiger partial charge on any atom is 0.210 e. The van der Waals surface area contributed by atoms with Crippen LogP contribution in [0.25, 0.3) is 0 Å². The molecule has 0 saturated carbocycles. The molecule has 0 spiro atoms. The summed E-state index contributed by atoms with van der Waals surface area (Å²) in [6, 6.07) is 14.2. The highest BCUT2D eigenvalue weighted by molar-refractivity contribution is 6.25. The van der Waals surface area contributed by atoms with Gasteiger partial charge in [-0.05, 0) is 12.1 Å². The van der Waals surface area contributed by atoms with E-state index < -0.39 is 0 Å². The third kappa shape index (κ3) is 3.65. The highest BCUT2D eigenvalue weighted by Gasteiger charge is 2.30. The van der Waals surface area contributed by atoms with Crippen molar-refractivity contribution in [2.45, 2.75) is 13.1 Å². The molecule has 0 radical (unpaired) electrons. The average Bonchev–Trinajstić information content (AvgIpc) is 3.22. The second-order valence-electron chi connectivity index (χ2n) is 6.78. The van der Waals surface area contributed by atoms with E-state index in [-0.39, 0.29) is 23.8 Å². The molecule has 0 unspecified atom stereocenters. The SMILES string of the molecule is C=CCn1cc(CN(C2=CC(=O)c3ccccc3C2=O)c2cccc(OC)c2)nn1. The monoisotopic (exact) mass is 400 g/mol. The van der Waals surface area contributed by atoms with Gasteiger partial charge in [0, 0.05) is 29.0 Å². The number of ether oxygens (including phenoxy) is 1. The molecule has 1 heterocycles. The Hall–Kier alpha value is -4.00. The summed E-state index contributed by atoms with van der Waals surface area (Å²) in [5.41, 5.74) is 2.45. The van der Waals surface area contributed by atoms with Crippen LogP contribution < -0.4 is 9.64 Å². The third-order valence-corrected chi connectivity index (χ3v) is 4.82. The van der Waals surface area contributed by atoms with Gasteiger partial charge in [-0.1, -0.05) is 41.6 Å². The van der Waals surface area contributed by atoms with Crippen LogP contribution in [-0.2, 0) is 13.1 Å². The van der Waals surface area contributed by atoms with E-state index in [0.717, 1.165) is 0 Å². The number of aromatic nitrogens is 3. The first-order valence-corrected chi connectivity index (χ1v) is 9.42. The predicted octanol–water partition coefficient (Wildman–Crippen LogP) is 3.44. The predicted molar refractivity (Wildman–Crippen MR) is 113 cm³/mol. The summed E-state index contributed by atoms with van der Waals surface area (Å²) in [7, 11) is 1.58. The Balaban J connectivity index is 1.77. The number of hydrogen-bond acceptors (Lipinski definition) is 6. The fourth-order valence-corrected chi connectivity index (χ4v) is 3.39. The number of rotatable bonds is 7. The minimum absolute atomic E-state index is 0.205. The molecule has 1 aliphatic rings. The molecule has 7 heteroatoms. The Morgan fingerprint density at radius 3 is 2.70 bits per heavy atom. The minimum Gasteiger partial charge on any atom is -0.497 e. The van der Waals surface area contributed by atoms with Gasteiger partial charge in [0.15, 0.2) is 5.78 Å². The molecule has 3 aromatic rings. The van der Waals surface area contributed by atoms with Gasteiger partial charge in [-0.2, -0.15) is 0 Å². The number of benzene rings is 2. The van der Waals surface area contributed by atoms with Gasteiger partial charge in [0.2, 0.25) is 5.78 Å². The molecule has 1 aromatic heterocycles. The van der Waals surface area contributed by atoms with Gasteiger partial charge in [-0.15, -0.1) is 11.7 Å². The third-order valence-electron chi connectivity index (χ3n) is 4.82. The standard InChI is InChI=1S/C23H20N4O3/c1-3-11-26-14-16(24-25-26)15-27(17-7-6-8-18(12-17)30-2)21-13-22(28)19-9-4-5-10-20(19)23(21)29/h3-10,12-14H,1,11,15H2,2H3. The van der Waals surface area contributed by atoms with Crippen LogP contribution in [0.1, 0.15) is 26.4 Å². The van der Waals surface area contributed by atoms with E-state index in [1.165, 1.54) is 6.08 Å². The van der Waals surface area contributed by atoms with Gasteiger partial charge in [0.1, 0.15) is 11.4 Å². The van der Waals surface area contributed by atoms with Crippen LogP contribution >= 0.6 is 0 Å². The van der Waals surface area contributed by atoms with Crippen LogP contribution in [0.5, 0.6) is 5.75 Å². The highest BCUT2D eigenvalue weighted by Crippen LogP contribution is 2.30. The van der Waals surface area contributed by atoms with Crippen LogP contribution in [-0.4, -0.2) is 33.7 Å². The molecule has 150 valence electrons. The van der Waals surface area contributed by atoms with Gasteiger partial charge >= 0.3 is 0 Å². The number of methoxy groups -OCH3 is 1. The van der Waals surface area contributed by atoms with Crippen molar-refractivity contribution in [3.63, 3.8) is 0 Å². The molecule has 2 aromatic carbocycles. The van der Waals surface area contributed by atoms with Crippen LogP contribution in [0.15, 0.2) is 79.2 Å². The number of fused-ring (bicyclic) bond motifs is 1. The summed E-state index contributed by atoms with van der Waals surface area (Å²) >= 11 is 0. The lowest BCUT2D eigenvalue weighted by Gasteiger charge is -2.28. The van der Waals surface area contributed by atoms with Crippen LogP contribution in [0.3, 0.4) is 0 Å². The normalized spacial score (nSPS) is 12.9. The second kappa shape index (κ2) is 8.16. The minimum atomic E-state index is -0.216. The molecular formula is C23H20N4O3. The van der Waals surface area contributed by atoms with Crippen LogP contribution in [0, 0.1) is 0 Å². The average molecular weight is 400 g/mol. The van der Waals surface area contributed by atoms with E-state index in [9.17, 15) is 9.59 Å². The first-order valence-electron chi connectivity index (χ1n) is 9.42. The quantitative estimate of drug-likeness (QED) is 0.566. The molecule has 0 aliphatic heterocycles. The summed E-state index contributed by atoms with van der Waals surface area (Å²) < 4.78 is 7.00. The number of anilines is 1. The molecule has 7 nitrogen and oxygen atoms in total. The summed E-state index contributed by atoms with van der Waals surface area (Å²) in [5, 5.41) is 8.27. The molecule has 0 atom stereocenters. The molecule has 0 N–H and O–H groups in total. The highest BCUT2D eigenvalue weighted by atomic mass is 16.5. The maximum atomic E-state index is 13.3. The van der Waals surface area contributed by atoms with E-state index in [2.05, 4.69) is 16.9 Å². The zero-order valence-corrected chi connectivity index (χ0v) is 16.5. The first-order chi connectivity index (χ1) is 14.6. The summed E-state index contributed by atoms with van der Waals surface area (Å²) in [6.45, 7) is 4.49. The Labute approximate surface area is 173 Å². The number of ketones is 2. The van der Waals surface area contributed by atoms with Crippen molar-refractivity contribution in [2.24, 2.45) is 0 Å². The molecule has 0 amide bonds. The Morgan fingerprint density at radius 2 is 1.93 bits per heavy atom. The summed E-state index contributed by atoms with van der Waals surface area (Å²) in [6.07, 6.45) is 4.90.